The van der Waals surface area contributed by atoms with E-state index in [1.807, 2.05) is 0 Å². The maximum Gasteiger partial charge on any atom is 0.252 e. The van der Waals surface area contributed by atoms with Crippen molar-refractivity contribution in [3.8, 4) is 22.5 Å². The van der Waals surface area contributed by atoms with Crippen LogP contribution in [0, 0.1) is 11.6 Å². The summed E-state index contributed by atoms with van der Waals surface area (Å²) in [5.41, 5.74) is 1.45. The number of carbonyl (C=O) groups excluding carboxylic acids is 1. The zero-order valence-electron chi connectivity index (χ0n) is 18.2. The maximum atomic E-state index is 14.9. The third-order valence-electron chi connectivity index (χ3n) is 5.35. The van der Waals surface area contributed by atoms with E-state index in [9.17, 15) is 18.7 Å². The van der Waals surface area contributed by atoms with Crippen molar-refractivity contribution in [1.82, 2.24) is 30.5 Å². The molecular formula is C23H22F2N6O3. The number of benzene rings is 2. The highest BCUT2D eigenvalue weighted by molar-refractivity contribution is 6.01. The SMILES string of the molecule is CO[C@H](CO)[C@@H](Cn1ccnn1)NC(=O)c1cccc(F)c1-c1cc(-c2ccc(F)cc2)[nH]n1. The van der Waals surface area contributed by atoms with E-state index in [-0.39, 0.29) is 35.8 Å². The summed E-state index contributed by atoms with van der Waals surface area (Å²) in [7, 11) is 1.41. The smallest absolute Gasteiger partial charge is 0.252 e. The van der Waals surface area contributed by atoms with Crippen molar-refractivity contribution in [2.75, 3.05) is 13.7 Å². The van der Waals surface area contributed by atoms with Crippen molar-refractivity contribution in [1.29, 1.82) is 0 Å². The minimum Gasteiger partial charge on any atom is -0.394 e. The van der Waals surface area contributed by atoms with Crippen LogP contribution in [0.1, 0.15) is 10.4 Å². The fraction of sp³-hybridized carbons (Fsp3) is 0.217. The van der Waals surface area contributed by atoms with Crippen molar-refractivity contribution in [3.05, 3.63) is 78.1 Å². The number of nitrogens with zero attached hydrogens (tertiary/aromatic N) is 4. The van der Waals surface area contributed by atoms with Crippen molar-refractivity contribution in [2.24, 2.45) is 0 Å². The molecular weight excluding hydrogens is 446 g/mol. The minimum atomic E-state index is -0.736. The first-order valence-electron chi connectivity index (χ1n) is 10.4. The Bertz CT molecular complexity index is 1240. The monoisotopic (exact) mass is 468 g/mol. The van der Waals surface area contributed by atoms with Gasteiger partial charge in [-0.2, -0.15) is 5.10 Å². The Kier molecular flexibility index (Phi) is 7.04. The standard InChI is InChI=1S/C23H22F2N6O3/c1-34-21(13-32)20(12-31-10-9-26-30-31)27-23(33)16-3-2-4-17(25)22(16)19-11-18(28-29-19)14-5-7-15(24)8-6-14/h2-11,20-21,32H,12-13H2,1H3,(H,27,33)(H,28,29)/t20-,21-/m1/s1. The van der Waals surface area contributed by atoms with Crippen LogP contribution < -0.4 is 5.32 Å². The zero-order chi connectivity index (χ0) is 24.1. The molecule has 0 aliphatic rings. The van der Waals surface area contributed by atoms with E-state index in [0.29, 0.717) is 11.3 Å². The molecule has 1 amide bonds. The average molecular weight is 468 g/mol. The number of H-pyrrole nitrogens is 1. The molecule has 3 N–H and O–H groups in total. The van der Waals surface area contributed by atoms with Gasteiger partial charge in [-0.25, -0.2) is 8.78 Å². The molecule has 2 heterocycles. The van der Waals surface area contributed by atoms with Gasteiger partial charge in [0, 0.05) is 13.3 Å². The predicted molar refractivity (Wildman–Crippen MR) is 119 cm³/mol. The van der Waals surface area contributed by atoms with Gasteiger partial charge in [-0.3, -0.25) is 14.6 Å². The fourth-order valence-electron chi connectivity index (χ4n) is 3.60. The van der Waals surface area contributed by atoms with Gasteiger partial charge in [0.15, 0.2) is 0 Å². The molecule has 2 aromatic heterocycles. The Balaban J connectivity index is 1.64. The topological polar surface area (TPSA) is 118 Å². The highest BCUT2D eigenvalue weighted by Crippen LogP contribution is 2.29. The third-order valence-corrected chi connectivity index (χ3v) is 5.35. The summed E-state index contributed by atoms with van der Waals surface area (Å²) in [5, 5.41) is 27.1. The molecule has 0 unspecified atom stereocenters. The lowest BCUT2D eigenvalue weighted by Gasteiger charge is -2.25. The van der Waals surface area contributed by atoms with E-state index >= 15 is 0 Å². The number of aromatic amines is 1. The number of aromatic nitrogens is 5. The summed E-state index contributed by atoms with van der Waals surface area (Å²) >= 11 is 0. The van der Waals surface area contributed by atoms with Crippen molar-refractivity contribution >= 4 is 5.91 Å². The van der Waals surface area contributed by atoms with Gasteiger partial charge in [-0.1, -0.05) is 11.3 Å². The maximum absolute atomic E-state index is 14.9. The normalized spacial score (nSPS) is 12.9. The molecule has 11 heteroatoms. The van der Waals surface area contributed by atoms with E-state index in [4.69, 9.17) is 4.74 Å². The van der Waals surface area contributed by atoms with Crippen LogP contribution in [0.4, 0.5) is 8.78 Å². The van der Waals surface area contributed by atoms with E-state index in [1.54, 1.807) is 24.4 Å². The summed E-state index contributed by atoms with van der Waals surface area (Å²) in [4.78, 5) is 13.2. The molecule has 0 aliphatic carbocycles. The number of amides is 1. The summed E-state index contributed by atoms with van der Waals surface area (Å²) in [6, 6.07) is 10.8. The first-order chi connectivity index (χ1) is 16.5. The first kappa shape index (κ1) is 23.2. The number of hydrogen-bond acceptors (Lipinski definition) is 6. The Morgan fingerprint density at radius 2 is 2.03 bits per heavy atom. The molecule has 0 saturated carbocycles. The average Bonchev–Trinajstić information content (AvgIpc) is 3.52. The van der Waals surface area contributed by atoms with E-state index in [0.717, 1.165) is 0 Å². The van der Waals surface area contributed by atoms with E-state index in [2.05, 4.69) is 25.8 Å². The number of carbonyl (C=O) groups is 1. The Labute approximate surface area is 193 Å². The van der Waals surface area contributed by atoms with Gasteiger partial charge >= 0.3 is 0 Å². The molecule has 2 aromatic carbocycles. The lowest BCUT2D eigenvalue weighted by atomic mass is 10.0. The van der Waals surface area contributed by atoms with Crippen LogP contribution in [-0.2, 0) is 11.3 Å². The molecule has 0 spiro atoms. The van der Waals surface area contributed by atoms with Crippen molar-refractivity contribution in [3.63, 3.8) is 0 Å². The molecule has 4 rings (SSSR count). The van der Waals surface area contributed by atoms with Gasteiger partial charge in [-0.15, -0.1) is 5.10 Å². The van der Waals surface area contributed by atoms with Gasteiger partial charge in [-0.05, 0) is 48.0 Å². The first-order valence-corrected chi connectivity index (χ1v) is 10.4. The fourth-order valence-corrected chi connectivity index (χ4v) is 3.60. The quantitative estimate of drug-likeness (QED) is 0.347. The number of methoxy groups -OCH3 is 1. The summed E-state index contributed by atoms with van der Waals surface area (Å²) in [6.07, 6.45) is 2.36. The lowest BCUT2D eigenvalue weighted by molar-refractivity contribution is 0.0165. The molecule has 0 fully saturated rings. The number of hydrogen-bond donors (Lipinski definition) is 3. The molecule has 176 valence electrons. The van der Waals surface area contributed by atoms with Crippen LogP contribution in [0.15, 0.2) is 60.9 Å². The highest BCUT2D eigenvalue weighted by atomic mass is 19.1. The molecule has 0 aliphatic heterocycles. The van der Waals surface area contributed by atoms with Gasteiger partial charge in [0.25, 0.3) is 5.91 Å². The third kappa shape index (κ3) is 5.00. The van der Waals surface area contributed by atoms with Gasteiger partial charge in [0.05, 0.1) is 47.9 Å². The lowest BCUT2D eigenvalue weighted by Crippen LogP contribution is -2.48. The van der Waals surface area contributed by atoms with Crippen LogP contribution in [0.2, 0.25) is 0 Å². The van der Waals surface area contributed by atoms with Gasteiger partial charge in [0.1, 0.15) is 17.7 Å². The predicted octanol–water partition coefficient (Wildman–Crippen LogP) is 2.42. The second kappa shape index (κ2) is 10.3. The number of nitrogens with one attached hydrogen (secondary N) is 2. The van der Waals surface area contributed by atoms with Crippen molar-refractivity contribution in [2.45, 2.75) is 18.7 Å². The minimum absolute atomic E-state index is 0.00193. The number of aliphatic hydroxyl groups excluding tert-OH is 1. The second-order valence-electron chi connectivity index (χ2n) is 7.50. The summed E-state index contributed by atoms with van der Waals surface area (Å²) in [6.45, 7) is -0.181. The van der Waals surface area contributed by atoms with Gasteiger partial charge < -0.3 is 15.2 Å². The van der Waals surface area contributed by atoms with Crippen molar-refractivity contribution < 1.29 is 23.4 Å². The number of halogens is 2. The summed E-state index contributed by atoms with van der Waals surface area (Å²) < 4.78 is 35.0. The number of aliphatic hydroxyl groups is 1. The van der Waals surface area contributed by atoms with Crippen LogP contribution in [0.25, 0.3) is 22.5 Å². The Hall–Kier alpha value is -3.96. The molecule has 9 nitrogen and oxygen atoms in total. The van der Waals surface area contributed by atoms with E-state index < -0.39 is 23.9 Å². The molecule has 0 radical (unpaired) electrons. The zero-order valence-corrected chi connectivity index (χ0v) is 18.2. The molecule has 34 heavy (non-hydrogen) atoms. The molecule has 0 bridgehead atoms. The highest BCUT2D eigenvalue weighted by Gasteiger charge is 2.27. The Morgan fingerprint density at radius 1 is 1.24 bits per heavy atom. The number of rotatable bonds is 9. The second-order valence-corrected chi connectivity index (χ2v) is 7.50. The van der Waals surface area contributed by atoms with Crippen LogP contribution in [0.3, 0.4) is 0 Å². The molecule has 4 aromatic rings. The number of ether oxygens (including phenoxy) is 1. The summed E-state index contributed by atoms with van der Waals surface area (Å²) in [5.74, 6) is -1.60. The largest absolute Gasteiger partial charge is 0.394 e. The Morgan fingerprint density at radius 3 is 2.71 bits per heavy atom. The van der Waals surface area contributed by atoms with Gasteiger partial charge in [0.2, 0.25) is 0 Å². The van der Waals surface area contributed by atoms with Crippen LogP contribution in [0.5, 0.6) is 0 Å². The van der Waals surface area contributed by atoms with Crippen LogP contribution in [-0.4, -0.2) is 62.1 Å². The molecule has 2 atom stereocenters. The molecule has 0 saturated heterocycles. The van der Waals surface area contributed by atoms with E-state index in [1.165, 1.54) is 48.3 Å². The van der Waals surface area contributed by atoms with Crippen LogP contribution >= 0.6 is 0 Å².